The van der Waals surface area contributed by atoms with Gasteiger partial charge in [0.05, 0.1) is 30.5 Å². The fraction of sp³-hybridized carbons (Fsp3) is 0.696. The predicted octanol–water partition coefficient (Wildman–Crippen LogP) is 1.75. The van der Waals surface area contributed by atoms with Crippen molar-refractivity contribution in [2.24, 2.45) is 18.4 Å². The summed E-state index contributed by atoms with van der Waals surface area (Å²) < 4.78 is 7.31. The lowest BCUT2D eigenvalue weighted by molar-refractivity contribution is -0.136. The molecule has 10 heteroatoms. The van der Waals surface area contributed by atoms with E-state index in [1.54, 1.807) is 11.6 Å². The standard InChI is InChI=1S/C23H35N7O3/c1-15(2)22(32)29-8-6-23(7-9-29)11-19(21-25-17(4)27-33-21)30(14-23)13-20(31)24-12-18-10-16(3)26-28(18)5/h10,15,19H,6-9,11-14H2,1-5H3,(H,24,31). The van der Waals surface area contributed by atoms with Gasteiger partial charge in [-0.3, -0.25) is 19.2 Å². The van der Waals surface area contributed by atoms with Crippen LogP contribution in [-0.4, -0.2) is 67.7 Å². The van der Waals surface area contributed by atoms with E-state index in [1.165, 1.54) is 0 Å². The topological polar surface area (TPSA) is 109 Å². The Labute approximate surface area is 194 Å². The van der Waals surface area contributed by atoms with Gasteiger partial charge in [0.25, 0.3) is 0 Å². The van der Waals surface area contributed by atoms with Crippen molar-refractivity contribution in [3.05, 3.63) is 29.2 Å². The molecular formula is C23H35N7O3. The van der Waals surface area contributed by atoms with Gasteiger partial charge >= 0.3 is 0 Å². The number of hydrogen-bond donors (Lipinski definition) is 1. The summed E-state index contributed by atoms with van der Waals surface area (Å²) in [6, 6.07) is 1.88. The number of rotatable bonds is 6. The molecule has 180 valence electrons. The molecule has 1 spiro atoms. The van der Waals surface area contributed by atoms with E-state index in [9.17, 15) is 9.59 Å². The highest BCUT2D eigenvalue weighted by Gasteiger charge is 2.48. The quantitative estimate of drug-likeness (QED) is 0.704. The van der Waals surface area contributed by atoms with E-state index in [1.807, 2.05) is 38.8 Å². The zero-order valence-electron chi connectivity index (χ0n) is 20.3. The fourth-order valence-electron chi connectivity index (χ4n) is 5.19. The van der Waals surface area contributed by atoms with Crippen LogP contribution in [0.5, 0.6) is 0 Å². The van der Waals surface area contributed by atoms with Gasteiger partial charge in [0.1, 0.15) is 0 Å². The molecule has 0 bridgehead atoms. The van der Waals surface area contributed by atoms with Gasteiger partial charge in [0, 0.05) is 32.6 Å². The van der Waals surface area contributed by atoms with Gasteiger partial charge < -0.3 is 14.7 Å². The first kappa shape index (κ1) is 23.4. The molecule has 2 aromatic heterocycles. The third-order valence-electron chi connectivity index (χ3n) is 6.98. The molecule has 0 aliphatic carbocycles. The summed E-state index contributed by atoms with van der Waals surface area (Å²) in [5.74, 6) is 1.35. The summed E-state index contributed by atoms with van der Waals surface area (Å²) in [7, 11) is 1.88. The Hall–Kier alpha value is -2.75. The zero-order valence-corrected chi connectivity index (χ0v) is 20.3. The molecule has 0 radical (unpaired) electrons. The van der Waals surface area contributed by atoms with Crippen molar-refractivity contribution < 1.29 is 14.1 Å². The van der Waals surface area contributed by atoms with Gasteiger partial charge in [-0.15, -0.1) is 0 Å². The van der Waals surface area contributed by atoms with Crippen LogP contribution in [-0.2, 0) is 23.2 Å². The predicted molar refractivity (Wildman–Crippen MR) is 121 cm³/mol. The number of piperidine rings is 1. The van der Waals surface area contributed by atoms with Gasteiger partial charge in [0.2, 0.25) is 17.7 Å². The minimum absolute atomic E-state index is 0.0140. The van der Waals surface area contributed by atoms with E-state index in [4.69, 9.17) is 4.52 Å². The Bertz CT molecular complexity index is 1000. The van der Waals surface area contributed by atoms with E-state index in [0.717, 1.165) is 50.3 Å². The van der Waals surface area contributed by atoms with Gasteiger partial charge in [-0.2, -0.15) is 10.1 Å². The molecule has 2 fully saturated rings. The van der Waals surface area contributed by atoms with E-state index < -0.39 is 0 Å². The molecule has 2 saturated heterocycles. The van der Waals surface area contributed by atoms with E-state index in [2.05, 4.69) is 25.5 Å². The number of amides is 2. The Kier molecular flexibility index (Phi) is 6.56. The lowest BCUT2D eigenvalue weighted by Gasteiger charge is -2.40. The molecule has 10 nitrogen and oxygen atoms in total. The maximum Gasteiger partial charge on any atom is 0.244 e. The normalized spacial score (nSPS) is 20.7. The molecule has 4 rings (SSSR count). The highest BCUT2D eigenvalue weighted by atomic mass is 16.5. The summed E-state index contributed by atoms with van der Waals surface area (Å²) in [5.41, 5.74) is 1.93. The summed E-state index contributed by atoms with van der Waals surface area (Å²) in [5, 5.41) is 11.3. The summed E-state index contributed by atoms with van der Waals surface area (Å²) in [6.07, 6.45) is 2.69. The lowest BCUT2D eigenvalue weighted by atomic mass is 9.76. The van der Waals surface area contributed by atoms with Crippen molar-refractivity contribution in [1.82, 2.24) is 35.0 Å². The van der Waals surface area contributed by atoms with Crippen molar-refractivity contribution in [2.45, 2.75) is 59.5 Å². The summed E-state index contributed by atoms with van der Waals surface area (Å²) >= 11 is 0. The van der Waals surface area contributed by atoms with Crippen molar-refractivity contribution >= 4 is 11.8 Å². The Balaban J connectivity index is 1.43. The Morgan fingerprint density at radius 3 is 2.58 bits per heavy atom. The molecule has 4 heterocycles. The van der Waals surface area contributed by atoms with Gasteiger partial charge in [-0.1, -0.05) is 19.0 Å². The molecule has 2 aromatic rings. The summed E-state index contributed by atoms with van der Waals surface area (Å²) in [4.78, 5) is 33.9. The number of nitrogens with zero attached hydrogens (tertiary/aromatic N) is 6. The van der Waals surface area contributed by atoms with Crippen LogP contribution in [0.2, 0.25) is 0 Å². The van der Waals surface area contributed by atoms with Crippen LogP contribution >= 0.6 is 0 Å². The minimum atomic E-state index is -0.0942. The first-order chi connectivity index (χ1) is 15.7. The number of aromatic nitrogens is 4. The van der Waals surface area contributed by atoms with Crippen LogP contribution in [0.1, 0.15) is 62.3 Å². The highest BCUT2D eigenvalue weighted by molar-refractivity contribution is 5.78. The third-order valence-corrected chi connectivity index (χ3v) is 6.98. The Morgan fingerprint density at radius 1 is 1.27 bits per heavy atom. The van der Waals surface area contributed by atoms with Gasteiger partial charge in [-0.25, -0.2) is 0 Å². The number of aryl methyl sites for hydroxylation is 3. The van der Waals surface area contributed by atoms with Crippen molar-refractivity contribution in [3.8, 4) is 0 Å². The van der Waals surface area contributed by atoms with Gasteiger partial charge in [-0.05, 0) is 44.6 Å². The van der Waals surface area contributed by atoms with Crippen molar-refractivity contribution in [1.29, 1.82) is 0 Å². The lowest BCUT2D eigenvalue weighted by Crippen LogP contribution is -2.46. The molecule has 1 N–H and O–H groups in total. The monoisotopic (exact) mass is 457 g/mol. The smallest absolute Gasteiger partial charge is 0.244 e. The second kappa shape index (κ2) is 9.24. The molecule has 1 unspecified atom stereocenters. The highest BCUT2D eigenvalue weighted by Crippen LogP contribution is 2.48. The molecule has 0 aromatic carbocycles. The van der Waals surface area contributed by atoms with Crippen molar-refractivity contribution in [2.75, 3.05) is 26.2 Å². The van der Waals surface area contributed by atoms with Crippen LogP contribution in [0.25, 0.3) is 0 Å². The number of carbonyl (C=O) groups is 2. The molecule has 2 aliphatic heterocycles. The van der Waals surface area contributed by atoms with E-state index in [0.29, 0.717) is 18.3 Å². The Morgan fingerprint density at radius 2 is 2.00 bits per heavy atom. The second-order valence-corrected chi connectivity index (χ2v) is 9.96. The molecule has 2 amide bonds. The molecule has 1 atom stereocenters. The first-order valence-corrected chi connectivity index (χ1v) is 11.7. The van der Waals surface area contributed by atoms with Crippen LogP contribution in [0.15, 0.2) is 10.6 Å². The zero-order chi connectivity index (χ0) is 23.8. The third kappa shape index (κ3) is 5.10. The first-order valence-electron chi connectivity index (χ1n) is 11.7. The molecule has 2 aliphatic rings. The number of nitrogens with one attached hydrogen (secondary N) is 1. The minimum Gasteiger partial charge on any atom is -0.349 e. The fourth-order valence-corrected chi connectivity index (χ4v) is 5.19. The van der Waals surface area contributed by atoms with E-state index >= 15 is 0 Å². The molecule has 0 saturated carbocycles. The van der Waals surface area contributed by atoms with Crippen LogP contribution in [0, 0.1) is 25.2 Å². The molecular weight excluding hydrogens is 422 g/mol. The number of likely N-dealkylation sites (tertiary alicyclic amines) is 2. The van der Waals surface area contributed by atoms with Crippen LogP contribution in [0.3, 0.4) is 0 Å². The maximum atomic E-state index is 12.9. The maximum absolute atomic E-state index is 12.9. The molecule has 33 heavy (non-hydrogen) atoms. The average molecular weight is 458 g/mol. The summed E-state index contributed by atoms with van der Waals surface area (Å²) in [6.45, 7) is 10.6. The number of carbonyl (C=O) groups excluding carboxylic acids is 2. The van der Waals surface area contributed by atoms with Crippen LogP contribution < -0.4 is 5.32 Å². The number of hydrogen-bond acceptors (Lipinski definition) is 7. The SMILES string of the molecule is Cc1cc(CNC(=O)CN2CC3(CCN(C(=O)C(C)C)CC3)CC2c2nc(C)no2)n(C)n1. The second-order valence-electron chi connectivity index (χ2n) is 9.96. The largest absolute Gasteiger partial charge is 0.349 e. The van der Waals surface area contributed by atoms with Crippen LogP contribution in [0.4, 0.5) is 0 Å². The van der Waals surface area contributed by atoms with Crippen molar-refractivity contribution in [3.63, 3.8) is 0 Å². The average Bonchev–Trinajstić information content (AvgIpc) is 3.43. The van der Waals surface area contributed by atoms with Gasteiger partial charge in [0.15, 0.2) is 5.82 Å². The van der Waals surface area contributed by atoms with E-state index in [-0.39, 0.29) is 35.7 Å².